The molecule has 0 radical (unpaired) electrons. The van der Waals surface area contributed by atoms with Gasteiger partial charge in [-0.25, -0.2) is 13.6 Å². The van der Waals surface area contributed by atoms with Crippen LogP contribution in [0.5, 0.6) is 0 Å². The summed E-state index contributed by atoms with van der Waals surface area (Å²) in [5.41, 5.74) is 0.0606. The van der Waals surface area contributed by atoms with E-state index in [4.69, 9.17) is 21.4 Å². The topological polar surface area (TPSA) is 114 Å². The first kappa shape index (κ1) is 19.5. The third kappa shape index (κ3) is 4.85. The smallest absolute Gasteiger partial charge is 0.319 e. The molecular weight excluding hydrogens is 499 g/mol. The summed E-state index contributed by atoms with van der Waals surface area (Å²) in [6.07, 6.45) is 0. The third-order valence-electron chi connectivity index (χ3n) is 2.60. The van der Waals surface area contributed by atoms with Crippen molar-refractivity contribution in [3.8, 4) is 0 Å². The first-order valence-electron chi connectivity index (χ1n) is 5.97. The Hall–Kier alpha value is -0.810. The van der Waals surface area contributed by atoms with Gasteiger partial charge in [0.15, 0.2) is 6.73 Å². The number of carbonyl (C=O) groups is 1. The maximum absolute atomic E-state index is 13.0. The lowest BCUT2D eigenvalue weighted by Gasteiger charge is -2.10. The van der Waals surface area contributed by atoms with Gasteiger partial charge in [0.05, 0.1) is 15.2 Å². The summed E-state index contributed by atoms with van der Waals surface area (Å²) in [6, 6.07) is 3.41. The molecular formula is C11H8Br2ClFN3O5P. The van der Waals surface area contributed by atoms with Crippen LogP contribution in [0.1, 0.15) is 10.5 Å². The Morgan fingerprint density at radius 2 is 2.12 bits per heavy atom. The molecule has 24 heavy (non-hydrogen) atoms. The number of nitrogens with one attached hydrogen (secondary N) is 1. The summed E-state index contributed by atoms with van der Waals surface area (Å²) >= 11 is 12.1. The highest BCUT2D eigenvalue weighted by molar-refractivity contribution is 9.13. The van der Waals surface area contributed by atoms with Gasteiger partial charge in [0.25, 0.3) is 5.91 Å². The van der Waals surface area contributed by atoms with E-state index in [1.807, 2.05) is 0 Å². The summed E-state index contributed by atoms with van der Waals surface area (Å²) in [7, 11) is -4.75. The quantitative estimate of drug-likeness (QED) is 0.534. The van der Waals surface area contributed by atoms with Crippen LogP contribution >= 0.6 is 51.3 Å². The molecule has 0 saturated carbocycles. The molecule has 0 spiro atoms. The van der Waals surface area contributed by atoms with Gasteiger partial charge >= 0.3 is 7.82 Å². The SMILES string of the molecule is O=C(Nc1ccc(F)cc1Cl)c1c(Br)c(Br)nn1COP(=O)(O)O. The van der Waals surface area contributed by atoms with E-state index in [0.29, 0.717) is 0 Å². The summed E-state index contributed by atoms with van der Waals surface area (Å²) < 4.78 is 29.5. The molecule has 3 N–H and O–H groups in total. The molecule has 0 aliphatic heterocycles. The third-order valence-corrected chi connectivity index (χ3v) is 5.20. The number of carbonyl (C=O) groups excluding carboxylic acids is 1. The van der Waals surface area contributed by atoms with Crippen molar-refractivity contribution in [1.82, 2.24) is 9.78 Å². The molecule has 1 heterocycles. The standard InChI is InChI=1S/C11H8Br2ClFN3O5P/c12-8-9(18(17-10(8)13)4-23-24(20,21)22)11(19)16-7-2-1-5(15)3-6(7)14/h1-3H,4H2,(H,16,19)(H2,20,21,22). The van der Waals surface area contributed by atoms with Crippen LogP contribution in [0.25, 0.3) is 0 Å². The van der Waals surface area contributed by atoms with Crippen molar-refractivity contribution >= 4 is 62.9 Å². The molecule has 2 rings (SSSR count). The minimum Gasteiger partial charge on any atom is -0.319 e. The highest BCUT2D eigenvalue weighted by atomic mass is 79.9. The second-order valence-electron chi connectivity index (χ2n) is 4.28. The number of aromatic nitrogens is 2. The van der Waals surface area contributed by atoms with E-state index in [2.05, 4.69) is 46.8 Å². The van der Waals surface area contributed by atoms with Crippen molar-refractivity contribution in [1.29, 1.82) is 0 Å². The van der Waals surface area contributed by atoms with Gasteiger partial charge < -0.3 is 15.1 Å². The summed E-state index contributed by atoms with van der Waals surface area (Å²) in [6.45, 7) is -0.672. The molecule has 8 nitrogen and oxygen atoms in total. The zero-order chi connectivity index (χ0) is 18.1. The van der Waals surface area contributed by atoms with Crippen LogP contribution in [0.2, 0.25) is 5.02 Å². The van der Waals surface area contributed by atoms with Gasteiger partial charge in [-0.15, -0.1) is 0 Å². The number of phosphoric acid groups is 1. The second-order valence-corrected chi connectivity index (χ2v) is 7.47. The zero-order valence-corrected chi connectivity index (χ0v) is 16.2. The van der Waals surface area contributed by atoms with Gasteiger partial charge in [-0.2, -0.15) is 5.10 Å². The fraction of sp³-hybridized carbons (Fsp3) is 0.0909. The van der Waals surface area contributed by atoms with E-state index < -0.39 is 26.3 Å². The predicted molar refractivity (Wildman–Crippen MR) is 90.1 cm³/mol. The van der Waals surface area contributed by atoms with Gasteiger partial charge in [0.2, 0.25) is 0 Å². The first-order chi connectivity index (χ1) is 11.1. The lowest BCUT2D eigenvalue weighted by atomic mass is 10.3. The average Bonchev–Trinajstić information content (AvgIpc) is 2.74. The van der Waals surface area contributed by atoms with Crippen LogP contribution < -0.4 is 5.32 Å². The Morgan fingerprint density at radius 3 is 2.71 bits per heavy atom. The number of anilines is 1. The van der Waals surface area contributed by atoms with Gasteiger partial charge in [-0.05, 0) is 50.1 Å². The highest BCUT2D eigenvalue weighted by Crippen LogP contribution is 2.37. The average molecular weight is 507 g/mol. The van der Waals surface area contributed by atoms with Crippen LogP contribution in [-0.2, 0) is 15.8 Å². The van der Waals surface area contributed by atoms with Crippen molar-refractivity contribution < 1.29 is 28.1 Å². The summed E-state index contributed by atoms with van der Waals surface area (Å²) in [4.78, 5) is 29.9. The predicted octanol–water partition coefficient (Wildman–Crippen LogP) is 3.52. The van der Waals surface area contributed by atoms with E-state index in [1.165, 1.54) is 6.07 Å². The molecule has 0 saturated heterocycles. The van der Waals surface area contributed by atoms with E-state index in [9.17, 15) is 13.8 Å². The molecule has 1 amide bonds. The van der Waals surface area contributed by atoms with Crippen molar-refractivity contribution in [2.45, 2.75) is 6.73 Å². The van der Waals surface area contributed by atoms with Crippen LogP contribution in [0.3, 0.4) is 0 Å². The Balaban J connectivity index is 2.29. The molecule has 130 valence electrons. The lowest BCUT2D eigenvalue weighted by Crippen LogP contribution is -2.19. The number of nitrogens with zero attached hydrogens (tertiary/aromatic N) is 2. The second kappa shape index (κ2) is 7.61. The van der Waals surface area contributed by atoms with Crippen LogP contribution in [-0.4, -0.2) is 25.5 Å². The van der Waals surface area contributed by atoms with E-state index in [-0.39, 0.29) is 25.5 Å². The number of hydrogen-bond acceptors (Lipinski definition) is 4. The Labute approximate surface area is 156 Å². The van der Waals surface area contributed by atoms with Crippen molar-refractivity contribution in [2.75, 3.05) is 5.32 Å². The van der Waals surface area contributed by atoms with Crippen LogP contribution in [0, 0.1) is 5.82 Å². The Morgan fingerprint density at radius 1 is 1.46 bits per heavy atom. The van der Waals surface area contributed by atoms with Crippen LogP contribution in [0.4, 0.5) is 10.1 Å². The van der Waals surface area contributed by atoms with Gasteiger partial charge in [0.1, 0.15) is 16.1 Å². The molecule has 2 aromatic rings. The number of phosphoric ester groups is 1. The molecule has 1 aromatic heterocycles. The van der Waals surface area contributed by atoms with Crippen molar-refractivity contribution in [2.24, 2.45) is 0 Å². The molecule has 0 atom stereocenters. The number of benzene rings is 1. The molecule has 0 aliphatic carbocycles. The molecule has 0 unspecified atom stereocenters. The fourth-order valence-corrected chi connectivity index (χ4v) is 2.94. The monoisotopic (exact) mass is 505 g/mol. The number of rotatable bonds is 5. The minimum atomic E-state index is -4.75. The van der Waals surface area contributed by atoms with Gasteiger partial charge in [0, 0.05) is 0 Å². The molecule has 13 heteroatoms. The maximum Gasteiger partial charge on any atom is 0.471 e. The maximum atomic E-state index is 13.0. The van der Waals surface area contributed by atoms with E-state index in [1.54, 1.807) is 0 Å². The first-order valence-corrected chi connectivity index (χ1v) is 9.46. The zero-order valence-electron chi connectivity index (χ0n) is 11.4. The van der Waals surface area contributed by atoms with Crippen LogP contribution in [0.15, 0.2) is 27.3 Å². The number of halogens is 4. The molecule has 0 aliphatic rings. The largest absolute Gasteiger partial charge is 0.471 e. The molecule has 0 bridgehead atoms. The summed E-state index contributed by atoms with van der Waals surface area (Å²) in [5.74, 6) is -1.27. The lowest BCUT2D eigenvalue weighted by molar-refractivity contribution is 0.0986. The molecule has 1 aromatic carbocycles. The van der Waals surface area contributed by atoms with Gasteiger partial charge in [-0.3, -0.25) is 9.32 Å². The number of hydrogen-bond donors (Lipinski definition) is 3. The normalized spacial score (nSPS) is 11.6. The number of amides is 1. The van der Waals surface area contributed by atoms with Gasteiger partial charge in [-0.1, -0.05) is 11.6 Å². The highest BCUT2D eigenvalue weighted by Gasteiger charge is 2.24. The van der Waals surface area contributed by atoms with E-state index >= 15 is 0 Å². The summed E-state index contributed by atoms with van der Waals surface area (Å²) in [5, 5.41) is 6.31. The molecule has 0 fully saturated rings. The van der Waals surface area contributed by atoms with Crippen molar-refractivity contribution in [3.05, 3.63) is 43.8 Å². The van der Waals surface area contributed by atoms with E-state index in [0.717, 1.165) is 16.8 Å². The van der Waals surface area contributed by atoms with Crippen molar-refractivity contribution in [3.63, 3.8) is 0 Å². The Kier molecular flexibility index (Phi) is 6.19. The fourth-order valence-electron chi connectivity index (χ4n) is 1.62. The Bertz CT molecular complexity index is 843. The minimum absolute atomic E-state index is 0.0175.